The van der Waals surface area contributed by atoms with E-state index in [-0.39, 0.29) is 5.91 Å². The van der Waals surface area contributed by atoms with Gasteiger partial charge in [-0.25, -0.2) is 0 Å². The Morgan fingerprint density at radius 1 is 1.21 bits per heavy atom. The number of aryl methyl sites for hydroxylation is 1. The SMILES string of the molecule is CCCCc1ccc(NC(=S)NNC(=O)c2cncc(Br)c2)cc1. The number of pyridine rings is 1. The van der Waals surface area contributed by atoms with E-state index in [2.05, 4.69) is 56.1 Å². The van der Waals surface area contributed by atoms with Gasteiger partial charge in [-0.1, -0.05) is 25.5 Å². The first kappa shape index (κ1) is 18.4. The van der Waals surface area contributed by atoms with Crippen molar-refractivity contribution in [2.24, 2.45) is 0 Å². The maximum Gasteiger partial charge on any atom is 0.271 e. The number of carbonyl (C=O) groups is 1. The number of nitrogens with one attached hydrogen (secondary N) is 3. The van der Waals surface area contributed by atoms with Gasteiger partial charge in [0.15, 0.2) is 5.11 Å². The largest absolute Gasteiger partial charge is 0.331 e. The van der Waals surface area contributed by atoms with Gasteiger partial charge in [0.1, 0.15) is 0 Å². The van der Waals surface area contributed by atoms with E-state index in [1.165, 1.54) is 24.6 Å². The molecule has 0 aliphatic carbocycles. The molecule has 126 valence electrons. The molecular weight excluding hydrogens is 388 g/mol. The minimum absolute atomic E-state index is 0.313. The summed E-state index contributed by atoms with van der Waals surface area (Å²) in [5, 5.41) is 3.34. The molecule has 0 saturated carbocycles. The molecule has 0 aliphatic rings. The van der Waals surface area contributed by atoms with Gasteiger partial charge < -0.3 is 5.32 Å². The van der Waals surface area contributed by atoms with Crippen molar-refractivity contribution in [3.8, 4) is 0 Å². The molecule has 0 atom stereocenters. The van der Waals surface area contributed by atoms with Crippen molar-refractivity contribution >= 4 is 44.9 Å². The van der Waals surface area contributed by atoms with E-state index in [0.717, 1.165) is 16.6 Å². The number of nitrogens with zero attached hydrogens (tertiary/aromatic N) is 1. The Hall–Kier alpha value is -1.99. The molecule has 2 rings (SSSR count). The van der Waals surface area contributed by atoms with Gasteiger partial charge >= 0.3 is 0 Å². The number of halogens is 1. The lowest BCUT2D eigenvalue weighted by Crippen LogP contribution is -2.43. The Bertz CT molecular complexity index is 706. The molecule has 0 saturated heterocycles. The number of benzene rings is 1. The molecule has 0 aliphatic heterocycles. The van der Waals surface area contributed by atoms with E-state index >= 15 is 0 Å². The molecular formula is C17H19BrN4OS. The van der Waals surface area contributed by atoms with Crippen molar-refractivity contribution in [2.45, 2.75) is 26.2 Å². The summed E-state index contributed by atoms with van der Waals surface area (Å²) in [6.45, 7) is 2.18. The summed E-state index contributed by atoms with van der Waals surface area (Å²) in [6, 6.07) is 9.77. The zero-order valence-electron chi connectivity index (χ0n) is 13.3. The minimum atomic E-state index is -0.317. The van der Waals surface area contributed by atoms with Crippen LogP contribution in [0.5, 0.6) is 0 Å². The highest BCUT2D eigenvalue weighted by Crippen LogP contribution is 2.12. The van der Waals surface area contributed by atoms with Crippen molar-refractivity contribution in [1.82, 2.24) is 15.8 Å². The predicted octanol–water partition coefficient (Wildman–Crippen LogP) is 3.82. The van der Waals surface area contributed by atoms with Gasteiger partial charge in [0.2, 0.25) is 0 Å². The average molecular weight is 407 g/mol. The van der Waals surface area contributed by atoms with Crippen LogP contribution in [0.3, 0.4) is 0 Å². The summed E-state index contributed by atoms with van der Waals surface area (Å²) in [5.41, 5.74) is 7.81. The van der Waals surface area contributed by atoms with E-state index < -0.39 is 0 Å². The highest BCUT2D eigenvalue weighted by Gasteiger charge is 2.06. The predicted molar refractivity (Wildman–Crippen MR) is 104 cm³/mol. The van der Waals surface area contributed by atoms with Crippen LogP contribution in [0.25, 0.3) is 0 Å². The molecule has 0 fully saturated rings. The number of anilines is 1. The fraction of sp³-hybridized carbons (Fsp3) is 0.235. The number of aromatic nitrogens is 1. The second-order valence-corrected chi connectivity index (χ2v) is 6.55. The Balaban J connectivity index is 1.81. The third-order valence-electron chi connectivity index (χ3n) is 3.29. The van der Waals surface area contributed by atoms with Crippen LogP contribution >= 0.6 is 28.1 Å². The molecule has 5 nitrogen and oxygen atoms in total. The first-order chi connectivity index (χ1) is 11.6. The number of unbranched alkanes of at least 4 members (excludes halogenated alkanes) is 1. The van der Waals surface area contributed by atoms with Crippen LogP contribution in [0, 0.1) is 0 Å². The number of carbonyl (C=O) groups excluding carboxylic acids is 1. The van der Waals surface area contributed by atoms with Crippen molar-refractivity contribution in [1.29, 1.82) is 0 Å². The molecule has 1 heterocycles. The molecule has 24 heavy (non-hydrogen) atoms. The third-order valence-corrected chi connectivity index (χ3v) is 3.93. The van der Waals surface area contributed by atoms with E-state index in [9.17, 15) is 4.79 Å². The Morgan fingerprint density at radius 2 is 1.96 bits per heavy atom. The monoisotopic (exact) mass is 406 g/mol. The van der Waals surface area contributed by atoms with Crippen molar-refractivity contribution in [3.63, 3.8) is 0 Å². The van der Waals surface area contributed by atoms with Crippen LogP contribution in [0.2, 0.25) is 0 Å². The molecule has 1 aromatic carbocycles. The molecule has 0 radical (unpaired) electrons. The first-order valence-corrected chi connectivity index (χ1v) is 8.85. The normalized spacial score (nSPS) is 10.1. The van der Waals surface area contributed by atoms with Gasteiger partial charge in [-0.3, -0.25) is 20.6 Å². The number of hydrazine groups is 1. The van der Waals surface area contributed by atoms with Gasteiger partial charge in [0.05, 0.1) is 5.56 Å². The molecule has 0 bridgehead atoms. The first-order valence-electron chi connectivity index (χ1n) is 7.65. The van der Waals surface area contributed by atoms with Gasteiger partial charge in [-0.2, -0.15) is 0 Å². The summed E-state index contributed by atoms with van der Waals surface area (Å²) >= 11 is 8.45. The molecule has 1 aromatic heterocycles. The maximum atomic E-state index is 12.0. The number of thiocarbonyl (C=S) groups is 1. The quantitative estimate of drug-likeness (QED) is 0.520. The van der Waals surface area contributed by atoms with Gasteiger partial charge in [-0.15, -0.1) is 0 Å². The lowest BCUT2D eigenvalue weighted by molar-refractivity contribution is 0.0943. The van der Waals surface area contributed by atoms with Crippen molar-refractivity contribution in [2.75, 3.05) is 5.32 Å². The standard InChI is InChI=1S/C17H19BrN4OS/c1-2-3-4-12-5-7-15(8-6-12)20-17(24)22-21-16(23)13-9-14(18)11-19-10-13/h5-11H,2-4H2,1H3,(H,21,23)(H2,20,22,24). The number of hydrogen-bond acceptors (Lipinski definition) is 3. The molecule has 0 spiro atoms. The van der Waals surface area contributed by atoms with E-state index in [1.54, 1.807) is 12.3 Å². The smallest absolute Gasteiger partial charge is 0.271 e. The maximum absolute atomic E-state index is 12.0. The second kappa shape index (κ2) is 9.34. The lowest BCUT2D eigenvalue weighted by atomic mass is 10.1. The highest BCUT2D eigenvalue weighted by molar-refractivity contribution is 9.10. The summed E-state index contributed by atoms with van der Waals surface area (Å²) in [6.07, 6.45) is 6.54. The van der Waals surface area contributed by atoms with Crippen LogP contribution in [0.1, 0.15) is 35.7 Å². The fourth-order valence-electron chi connectivity index (χ4n) is 2.02. The van der Waals surface area contributed by atoms with Gasteiger partial charge in [-0.05, 0) is 64.8 Å². The van der Waals surface area contributed by atoms with Crippen molar-refractivity contribution in [3.05, 3.63) is 58.3 Å². The fourth-order valence-corrected chi connectivity index (χ4v) is 2.55. The zero-order chi connectivity index (χ0) is 17.4. The van der Waals surface area contributed by atoms with Crippen LogP contribution in [0.4, 0.5) is 5.69 Å². The zero-order valence-corrected chi connectivity index (χ0v) is 15.7. The number of amides is 1. The van der Waals surface area contributed by atoms with Gasteiger partial charge in [0.25, 0.3) is 5.91 Å². The van der Waals surface area contributed by atoms with E-state index in [0.29, 0.717) is 10.7 Å². The minimum Gasteiger partial charge on any atom is -0.331 e. The molecule has 0 unspecified atom stereocenters. The molecule has 2 aromatic rings. The Morgan fingerprint density at radius 3 is 2.62 bits per heavy atom. The third kappa shape index (κ3) is 5.90. The Kier molecular flexibility index (Phi) is 7.14. The number of rotatable bonds is 5. The Labute approximate surface area is 155 Å². The van der Waals surface area contributed by atoms with E-state index in [4.69, 9.17) is 12.2 Å². The highest BCUT2D eigenvalue weighted by atomic mass is 79.9. The molecule has 3 N–H and O–H groups in total. The lowest BCUT2D eigenvalue weighted by Gasteiger charge is -2.12. The van der Waals surface area contributed by atoms with Crippen LogP contribution < -0.4 is 16.2 Å². The molecule has 7 heteroatoms. The van der Waals surface area contributed by atoms with E-state index in [1.807, 2.05) is 12.1 Å². The summed E-state index contributed by atoms with van der Waals surface area (Å²) < 4.78 is 0.735. The topological polar surface area (TPSA) is 66.0 Å². The molecule has 1 amide bonds. The van der Waals surface area contributed by atoms with Crippen LogP contribution in [-0.2, 0) is 6.42 Å². The average Bonchev–Trinajstić information content (AvgIpc) is 2.59. The van der Waals surface area contributed by atoms with Crippen molar-refractivity contribution < 1.29 is 4.79 Å². The van der Waals surface area contributed by atoms with Crippen LogP contribution in [0.15, 0.2) is 47.2 Å². The van der Waals surface area contributed by atoms with Crippen LogP contribution in [-0.4, -0.2) is 16.0 Å². The number of hydrogen-bond donors (Lipinski definition) is 3. The summed E-state index contributed by atoms with van der Waals surface area (Å²) in [4.78, 5) is 15.9. The summed E-state index contributed by atoms with van der Waals surface area (Å²) in [7, 11) is 0. The summed E-state index contributed by atoms with van der Waals surface area (Å²) in [5.74, 6) is -0.317. The van der Waals surface area contributed by atoms with Gasteiger partial charge in [0, 0.05) is 22.6 Å². The second-order valence-electron chi connectivity index (χ2n) is 5.23.